The van der Waals surface area contributed by atoms with Crippen molar-refractivity contribution in [3.05, 3.63) is 15.9 Å². The summed E-state index contributed by atoms with van der Waals surface area (Å²) in [6.45, 7) is 5.00. The van der Waals surface area contributed by atoms with E-state index in [0.29, 0.717) is 23.2 Å². The SMILES string of the molecule is CCN(CC1CCCNC1)S(=O)(=O)c1ccc(Br)s1. The Kier molecular flexibility index (Phi) is 5.42. The predicted molar refractivity (Wildman–Crippen MR) is 82.0 cm³/mol. The number of hydrogen-bond acceptors (Lipinski definition) is 4. The molecule has 1 aliphatic rings. The highest BCUT2D eigenvalue weighted by Gasteiger charge is 2.27. The van der Waals surface area contributed by atoms with Crippen molar-refractivity contribution in [2.75, 3.05) is 26.2 Å². The lowest BCUT2D eigenvalue weighted by molar-refractivity contribution is 0.298. The van der Waals surface area contributed by atoms with Crippen LogP contribution in [-0.2, 0) is 10.0 Å². The van der Waals surface area contributed by atoms with Crippen LogP contribution in [0, 0.1) is 5.92 Å². The van der Waals surface area contributed by atoms with Crippen LogP contribution >= 0.6 is 27.3 Å². The lowest BCUT2D eigenvalue weighted by Gasteiger charge is -2.28. The summed E-state index contributed by atoms with van der Waals surface area (Å²) in [5, 5.41) is 3.33. The summed E-state index contributed by atoms with van der Waals surface area (Å²) >= 11 is 4.59. The summed E-state index contributed by atoms with van der Waals surface area (Å²) in [5.41, 5.74) is 0. The minimum atomic E-state index is -3.34. The largest absolute Gasteiger partial charge is 0.316 e. The second-order valence-corrected chi connectivity index (χ2v) is 9.35. The lowest BCUT2D eigenvalue weighted by Crippen LogP contribution is -2.40. The van der Waals surface area contributed by atoms with Crippen LogP contribution in [0.5, 0.6) is 0 Å². The van der Waals surface area contributed by atoms with Crippen molar-refractivity contribution in [1.82, 2.24) is 9.62 Å². The third-order valence-corrected chi connectivity index (χ3v) is 7.39. The average molecular weight is 367 g/mol. The second-order valence-electron chi connectivity index (χ2n) is 4.73. The maximum Gasteiger partial charge on any atom is 0.252 e. The summed E-state index contributed by atoms with van der Waals surface area (Å²) < 4.78 is 28.0. The lowest BCUT2D eigenvalue weighted by atomic mass is 10.00. The molecule has 0 saturated carbocycles. The number of hydrogen-bond donors (Lipinski definition) is 1. The Morgan fingerprint density at radius 2 is 2.32 bits per heavy atom. The Morgan fingerprint density at radius 3 is 2.84 bits per heavy atom. The van der Waals surface area contributed by atoms with E-state index in [2.05, 4.69) is 21.2 Å². The average Bonchev–Trinajstić information content (AvgIpc) is 2.84. The molecule has 1 aliphatic heterocycles. The molecule has 1 atom stereocenters. The van der Waals surface area contributed by atoms with E-state index in [9.17, 15) is 8.42 Å². The molecule has 1 unspecified atom stereocenters. The van der Waals surface area contributed by atoms with Crippen molar-refractivity contribution in [2.24, 2.45) is 5.92 Å². The third-order valence-electron chi connectivity index (χ3n) is 3.36. The Balaban J connectivity index is 2.11. The molecule has 0 spiro atoms. The van der Waals surface area contributed by atoms with E-state index >= 15 is 0 Å². The van der Waals surface area contributed by atoms with Gasteiger partial charge in [0.2, 0.25) is 0 Å². The zero-order chi connectivity index (χ0) is 13.9. The molecule has 7 heteroatoms. The molecule has 0 amide bonds. The van der Waals surface area contributed by atoms with Crippen LogP contribution in [0.3, 0.4) is 0 Å². The Morgan fingerprint density at radius 1 is 1.53 bits per heavy atom. The first-order chi connectivity index (χ1) is 9.04. The van der Waals surface area contributed by atoms with Gasteiger partial charge in [-0.2, -0.15) is 4.31 Å². The van der Waals surface area contributed by atoms with Gasteiger partial charge in [0.15, 0.2) is 0 Å². The van der Waals surface area contributed by atoms with Crippen LogP contribution in [0.25, 0.3) is 0 Å². The smallest absolute Gasteiger partial charge is 0.252 e. The number of piperidine rings is 1. The van der Waals surface area contributed by atoms with E-state index < -0.39 is 10.0 Å². The first-order valence-electron chi connectivity index (χ1n) is 6.50. The van der Waals surface area contributed by atoms with Gasteiger partial charge in [-0.3, -0.25) is 0 Å². The van der Waals surface area contributed by atoms with Crippen molar-refractivity contribution in [3.8, 4) is 0 Å². The van der Waals surface area contributed by atoms with Crippen molar-refractivity contribution < 1.29 is 8.42 Å². The fourth-order valence-corrected chi connectivity index (χ4v) is 6.02. The molecule has 108 valence electrons. The number of thiophene rings is 1. The Labute approximate surface area is 127 Å². The number of halogens is 1. The Bertz CT molecular complexity index is 510. The van der Waals surface area contributed by atoms with Gasteiger partial charge in [0, 0.05) is 13.1 Å². The molecule has 1 N–H and O–H groups in total. The zero-order valence-corrected chi connectivity index (χ0v) is 14.2. The minimum Gasteiger partial charge on any atom is -0.316 e. The van der Waals surface area contributed by atoms with E-state index in [1.807, 2.05) is 6.92 Å². The molecule has 4 nitrogen and oxygen atoms in total. The number of sulfonamides is 1. The summed E-state index contributed by atoms with van der Waals surface area (Å²) in [7, 11) is -3.34. The van der Waals surface area contributed by atoms with Crippen LogP contribution in [-0.4, -0.2) is 38.9 Å². The van der Waals surface area contributed by atoms with E-state index in [0.717, 1.165) is 29.7 Å². The summed E-state index contributed by atoms with van der Waals surface area (Å²) in [5.74, 6) is 0.423. The minimum absolute atomic E-state index is 0.421. The molecule has 19 heavy (non-hydrogen) atoms. The fourth-order valence-electron chi connectivity index (χ4n) is 2.33. The molecular weight excluding hydrogens is 348 g/mol. The molecule has 1 saturated heterocycles. The third kappa shape index (κ3) is 3.78. The molecule has 1 aromatic rings. The van der Waals surface area contributed by atoms with Crippen LogP contribution < -0.4 is 5.32 Å². The van der Waals surface area contributed by atoms with Gasteiger partial charge >= 0.3 is 0 Å². The Hall–Kier alpha value is 0.0500. The van der Waals surface area contributed by atoms with Crippen LogP contribution in [0.4, 0.5) is 0 Å². The van der Waals surface area contributed by atoms with Crippen molar-refractivity contribution >= 4 is 37.3 Å². The van der Waals surface area contributed by atoms with E-state index in [1.54, 1.807) is 16.4 Å². The molecular formula is C12H19BrN2O2S2. The number of nitrogens with one attached hydrogen (secondary N) is 1. The van der Waals surface area contributed by atoms with E-state index in [-0.39, 0.29) is 0 Å². The van der Waals surface area contributed by atoms with Crippen LogP contribution in [0.15, 0.2) is 20.1 Å². The van der Waals surface area contributed by atoms with Crippen molar-refractivity contribution in [2.45, 2.75) is 24.0 Å². The van der Waals surface area contributed by atoms with Gasteiger partial charge < -0.3 is 5.32 Å². The molecule has 2 rings (SSSR count). The first kappa shape index (κ1) is 15.4. The van der Waals surface area contributed by atoms with Crippen LogP contribution in [0.2, 0.25) is 0 Å². The number of rotatable bonds is 5. The zero-order valence-electron chi connectivity index (χ0n) is 10.9. The molecule has 2 heterocycles. The van der Waals surface area contributed by atoms with Crippen molar-refractivity contribution in [3.63, 3.8) is 0 Å². The quantitative estimate of drug-likeness (QED) is 0.870. The number of nitrogens with zero attached hydrogens (tertiary/aromatic N) is 1. The molecule has 1 aromatic heterocycles. The molecule has 0 bridgehead atoms. The van der Waals surface area contributed by atoms with Gasteiger partial charge in [0.25, 0.3) is 10.0 Å². The van der Waals surface area contributed by atoms with Crippen LogP contribution in [0.1, 0.15) is 19.8 Å². The molecule has 0 aromatic carbocycles. The normalized spacial score (nSPS) is 20.9. The van der Waals surface area contributed by atoms with E-state index in [4.69, 9.17) is 0 Å². The van der Waals surface area contributed by atoms with Gasteiger partial charge in [0.05, 0.1) is 3.79 Å². The standard InChI is InChI=1S/C12H19BrN2O2S2/c1-2-15(9-10-4-3-7-14-8-10)19(16,17)12-6-5-11(13)18-12/h5-6,10,14H,2-4,7-9H2,1H3. The second kappa shape index (κ2) is 6.67. The van der Waals surface area contributed by atoms with Crippen molar-refractivity contribution in [1.29, 1.82) is 0 Å². The maximum absolute atomic E-state index is 12.5. The first-order valence-corrected chi connectivity index (χ1v) is 9.55. The summed E-state index contributed by atoms with van der Waals surface area (Å²) in [4.78, 5) is 0. The maximum atomic E-state index is 12.5. The summed E-state index contributed by atoms with van der Waals surface area (Å²) in [6, 6.07) is 3.46. The van der Waals surface area contributed by atoms with Gasteiger partial charge in [0.1, 0.15) is 4.21 Å². The highest BCUT2D eigenvalue weighted by molar-refractivity contribution is 9.11. The topological polar surface area (TPSA) is 49.4 Å². The highest BCUT2D eigenvalue weighted by Crippen LogP contribution is 2.29. The highest BCUT2D eigenvalue weighted by atomic mass is 79.9. The fraction of sp³-hybridized carbons (Fsp3) is 0.667. The van der Waals surface area contributed by atoms with Gasteiger partial charge in [-0.25, -0.2) is 8.42 Å². The molecule has 0 radical (unpaired) electrons. The van der Waals surface area contributed by atoms with Gasteiger partial charge in [-0.05, 0) is 59.9 Å². The van der Waals surface area contributed by atoms with Gasteiger partial charge in [-0.1, -0.05) is 6.92 Å². The van der Waals surface area contributed by atoms with Gasteiger partial charge in [-0.15, -0.1) is 11.3 Å². The molecule has 0 aliphatic carbocycles. The monoisotopic (exact) mass is 366 g/mol. The summed E-state index contributed by atoms with van der Waals surface area (Å²) in [6.07, 6.45) is 2.24. The van der Waals surface area contributed by atoms with E-state index in [1.165, 1.54) is 11.3 Å². The predicted octanol–water partition coefficient (Wildman–Crippen LogP) is 2.52. The molecule has 1 fully saturated rings.